The van der Waals surface area contributed by atoms with Gasteiger partial charge in [-0.2, -0.15) is 0 Å². The average molecular weight is 726 g/mol. The van der Waals surface area contributed by atoms with Gasteiger partial charge < -0.3 is 0 Å². The van der Waals surface area contributed by atoms with E-state index in [2.05, 4.69) is 212 Å². The highest BCUT2D eigenvalue weighted by Gasteiger charge is 2.45. The number of rotatable bonds is 6. The molecule has 0 saturated heterocycles. The quantitative estimate of drug-likeness (QED) is 0.171. The maximum absolute atomic E-state index is 5.24. The van der Waals surface area contributed by atoms with Crippen molar-refractivity contribution in [3.63, 3.8) is 0 Å². The average Bonchev–Trinajstić information content (AvgIpc) is 3.60. The van der Waals surface area contributed by atoms with E-state index in [0.29, 0.717) is 17.5 Å². The van der Waals surface area contributed by atoms with Crippen LogP contribution in [-0.2, 0) is 5.41 Å². The van der Waals surface area contributed by atoms with Gasteiger partial charge in [0.15, 0.2) is 17.5 Å². The topological polar surface area (TPSA) is 38.7 Å². The molecule has 0 atom stereocenters. The molecule has 0 unspecified atom stereocenters. The van der Waals surface area contributed by atoms with Crippen LogP contribution >= 0.6 is 0 Å². The molecule has 0 spiro atoms. The standard InChI is InChI=1S/C54H35N3/c1-2-19-43(20-3-1)54(49-26-10-8-23-47(49)48-24-9-11-27-50(48)54)44-21-12-18-41(35-44)52-55-51(56-53(57-52)42-33-28-36-14-4-5-16-40(36)34-42)39-31-29-38(30-32-39)46-25-13-17-37-15-6-7-22-45(37)46/h1-35H. The van der Waals surface area contributed by atoms with Crippen LogP contribution < -0.4 is 0 Å². The first-order valence-corrected chi connectivity index (χ1v) is 19.4. The second-order valence-corrected chi connectivity index (χ2v) is 14.8. The van der Waals surface area contributed by atoms with Gasteiger partial charge in [0.25, 0.3) is 0 Å². The number of hydrogen-bond donors (Lipinski definition) is 0. The highest BCUT2D eigenvalue weighted by atomic mass is 15.0. The van der Waals surface area contributed by atoms with E-state index in [1.165, 1.54) is 49.5 Å². The molecule has 1 aromatic heterocycles. The zero-order valence-electron chi connectivity index (χ0n) is 31.0. The van der Waals surface area contributed by atoms with E-state index < -0.39 is 5.41 Å². The van der Waals surface area contributed by atoms with Crippen LogP contribution in [0.3, 0.4) is 0 Å². The maximum Gasteiger partial charge on any atom is 0.164 e. The highest BCUT2D eigenvalue weighted by Crippen LogP contribution is 2.56. The third kappa shape index (κ3) is 5.39. The Balaban J connectivity index is 1.10. The molecular formula is C54H35N3. The fraction of sp³-hybridized carbons (Fsp3) is 0.0185. The lowest BCUT2D eigenvalue weighted by atomic mass is 9.67. The largest absolute Gasteiger partial charge is 0.208 e. The van der Waals surface area contributed by atoms with Crippen LogP contribution in [0.4, 0.5) is 0 Å². The van der Waals surface area contributed by atoms with E-state index in [0.717, 1.165) is 33.2 Å². The fourth-order valence-electron chi connectivity index (χ4n) is 8.97. The van der Waals surface area contributed by atoms with Crippen molar-refractivity contribution in [3.8, 4) is 56.4 Å². The molecule has 1 heterocycles. The van der Waals surface area contributed by atoms with Crippen molar-refractivity contribution in [2.24, 2.45) is 0 Å². The van der Waals surface area contributed by atoms with Gasteiger partial charge in [-0.05, 0) is 78.2 Å². The molecule has 10 aromatic rings. The van der Waals surface area contributed by atoms with Crippen LogP contribution in [-0.4, -0.2) is 15.0 Å². The van der Waals surface area contributed by atoms with Crippen molar-refractivity contribution in [3.05, 3.63) is 235 Å². The monoisotopic (exact) mass is 725 g/mol. The lowest BCUT2D eigenvalue weighted by Crippen LogP contribution is -2.28. The summed E-state index contributed by atoms with van der Waals surface area (Å²) >= 11 is 0. The van der Waals surface area contributed by atoms with Crippen molar-refractivity contribution in [1.29, 1.82) is 0 Å². The summed E-state index contributed by atoms with van der Waals surface area (Å²) in [6.45, 7) is 0. The van der Waals surface area contributed by atoms with Gasteiger partial charge in [0.2, 0.25) is 0 Å². The van der Waals surface area contributed by atoms with Gasteiger partial charge in [-0.1, -0.05) is 200 Å². The van der Waals surface area contributed by atoms with Crippen LogP contribution in [0.25, 0.3) is 78.0 Å². The number of aromatic nitrogens is 3. The molecule has 0 amide bonds. The zero-order valence-corrected chi connectivity index (χ0v) is 31.0. The van der Waals surface area contributed by atoms with Crippen LogP contribution in [0.1, 0.15) is 22.3 Å². The molecule has 0 N–H and O–H groups in total. The van der Waals surface area contributed by atoms with Gasteiger partial charge in [0, 0.05) is 16.7 Å². The van der Waals surface area contributed by atoms with Crippen molar-refractivity contribution < 1.29 is 0 Å². The summed E-state index contributed by atoms with van der Waals surface area (Å²) in [4.78, 5) is 15.6. The van der Waals surface area contributed by atoms with Gasteiger partial charge in [-0.3, -0.25) is 0 Å². The molecule has 1 aliphatic rings. The first kappa shape index (κ1) is 32.9. The van der Waals surface area contributed by atoms with E-state index >= 15 is 0 Å². The Morgan fingerprint density at radius 1 is 0.281 bits per heavy atom. The van der Waals surface area contributed by atoms with Gasteiger partial charge in [-0.15, -0.1) is 0 Å². The van der Waals surface area contributed by atoms with Crippen molar-refractivity contribution in [2.45, 2.75) is 5.41 Å². The Morgan fingerprint density at radius 2 is 0.772 bits per heavy atom. The number of fused-ring (bicyclic) bond motifs is 5. The number of nitrogens with zero attached hydrogens (tertiary/aromatic N) is 3. The minimum atomic E-state index is -0.529. The Labute approximate surface area is 331 Å². The Bertz CT molecular complexity index is 3080. The maximum atomic E-state index is 5.24. The second kappa shape index (κ2) is 13.4. The summed E-state index contributed by atoms with van der Waals surface area (Å²) in [6.07, 6.45) is 0. The van der Waals surface area contributed by atoms with Crippen LogP contribution in [0.2, 0.25) is 0 Å². The van der Waals surface area contributed by atoms with Crippen LogP contribution in [0.15, 0.2) is 212 Å². The molecule has 0 bridgehead atoms. The smallest absolute Gasteiger partial charge is 0.164 e. The van der Waals surface area contributed by atoms with E-state index in [4.69, 9.17) is 15.0 Å². The van der Waals surface area contributed by atoms with E-state index in [9.17, 15) is 0 Å². The Morgan fingerprint density at radius 3 is 1.51 bits per heavy atom. The van der Waals surface area contributed by atoms with Crippen molar-refractivity contribution in [1.82, 2.24) is 15.0 Å². The Kier molecular flexibility index (Phi) is 7.71. The van der Waals surface area contributed by atoms with Crippen molar-refractivity contribution in [2.75, 3.05) is 0 Å². The molecule has 1 aliphatic carbocycles. The highest BCUT2D eigenvalue weighted by molar-refractivity contribution is 5.97. The SMILES string of the molecule is c1ccc(C2(c3cccc(-c4nc(-c5ccc(-c6cccc7ccccc67)cc5)nc(-c5ccc6ccccc6c5)n4)c3)c3ccccc3-c3ccccc32)cc1. The molecule has 0 fully saturated rings. The summed E-state index contributed by atoms with van der Waals surface area (Å²) in [5.41, 5.74) is 12.1. The predicted octanol–water partition coefficient (Wildman–Crippen LogP) is 13.2. The summed E-state index contributed by atoms with van der Waals surface area (Å²) in [5, 5.41) is 4.77. The fourth-order valence-corrected chi connectivity index (χ4v) is 8.97. The predicted molar refractivity (Wildman–Crippen MR) is 234 cm³/mol. The molecule has 0 aliphatic heterocycles. The molecule has 266 valence electrons. The Hall–Kier alpha value is -7.49. The van der Waals surface area contributed by atoms with Crippen molar-refractivity contribution >= 4 is 21.5 Å². The molecular weight excluding hydrogens is 691 g/mol. The second-order valence-electron chi connectivity index (χ2n) is 14.8. The number of hydrogen-bond acceptors (Lipinski definition) is 3. The normalized spacial score (nSPS) is 12.7. The minimum absolute atomic E-state index is 0.529. The molecule has 0 radical (unpaired) electrons. The third-order valence-electron chi connectivity index (χ3n) is 11.6. The summed E-state index contributed by atoms with van der Waals surface area (Å²) < 4.78 is 0. The summed E-state index contributed by atoms with van der Waals surface area (Å²) in [6, 6.07) is 75.9. The van der Waals surface area contributed by atoms with Gasteiger partial charge in [-0.25, -0.2) is 15.0 Å². The molecule has 57 heavy (non-hydrogen) atoms. The summed E-state index contributed by atoms with van der Waals surface area (Å²) in [5.74, 6) is 1.90. The lowest BCUT2D eigenvalue weighted by Gasteiger charge is -2.34. The lowest BCUT2D eigenvalue weighted by molar-refractivity contribution is 0.768. The van der Waals surface area contributed by atoms with E-state index in [1.807, 2.05) is 0 Å². The number of benzene rings is 9. The third-order valence-corrected chi connectivity index (χ3v) is 11.6. The van der Waals surface area contributed by atoms with E-state index in [1.54, 1.807) is 0 Å². The molecule has 0 saturated carbocycles. The molecule has 3 heteroatoms. The molecule has 11 rings (SSSR count). The molecule has 3 nitrogen and oxygen atoms in total. The molecule has 9 aromatic carbocycles. The van der Waals surface area contributed by atoms with Gasteiger partial charge in [0.05, 0.1) is 5.41 Å². The van der Waals surface area contributed by atoms with Gasteiger partial charge in [0.1, 0.15) is 0 Å². The van der Waals surface area contributed by atoms with Crippen LogP contribution in [0.5, 0.6) is 0 Å². The summed E-state index contributed by atoms with van der Waals surface area (Å²) in [7, 11) is 0. The zero-order chi connectivity index (χ0) is 37.8. The first-order chi connectivity index (χ1) is 28.2. The first-order valence-electron chi connectivity index (χ1n) is 19.4. The van der Waals surface area contributed by atoms with E-state index in [-0.39, 0.29) is 0 Å². The van der Waals surface area contributed by atoms with Crippen LogP contribution in [0, 0.1) is 0 Å². The van der Waals surface area contributed by atoms with Gasteiger partial charge >= 0.3 is 0 Å². The minimum Gasteiger partial charge on any atom is -0.208 e.